The number of thioether (sulfide) groups is 1. The molecular formula is C18H15ClFN3O2S2. The van der Waals surface area contributed by atoms with E-state index in [0.717, 1.165) is 35.0 Å². The molecule has 4 rings (SSSR count). The number of aromatic amines is 1. The number of carbonyl (C=O) groups is 1. The molecule has 1 aromatic carbocycles. The number of benzene rings is 1. The Labute approximate surface area is 167 Å². The molecule has 2 N–H and O–H groups in total. The van der Waals surface area contributed by atoms with Crippen molar-refractivity contribution in [1.29, 1.82) is 0 Å². The Morgan fingerprint density at radius 1 is 1.41 bits per heavy atom. The number of nitrogens with zero attached hydrogens (tertiary/aromatic N) is 1. The van der Waals surface area contributed by atoms with E-state index in [0.29, 0.717) is 17.3 Å². The number of hydrogen-bond acceptors (Lipinski definition) is 5. The fourth-order valence-corrected chi connectivity index (χ4v) is 5.21. The smallest absolute Gasteiger partial charge is 0.259 e. The van der Waals surface area contributed by atoms with Crippen molar-refractivity contribution in [2.75, 3.05) is 11.1 Å². The van der Waals surface area contributed by atoms with Crippen LogP contribution >= 0.6 is 34.7 Å². The monoisotopic (exact) mass is 423 g/mol. The van der Waals surface area contributed by atoms with Crippen molar-refractivity contribution < 1.29 is 9.18 Å². The van der Waals surface area contributed by atoms with Gasteiger partial charge in [0.15, 0.2) is 0 Å². The highest BCUT2D eigenvalue weighted by molar-refractivity contribution is 7.99. The van der Waals surface area contributed by atoms with Crippen LogP contribution in [0.5, 0.6) is 0 Å². The van der Waals surface area contributed by atoms with Crippen molar-refractivity contribution in [3.8, 4) is 0 Å². The van der Waals surface area contributed by atoms with E-state index < -0.39 is 5.82 Å². The lowest BCUT2D eigenvalue weighted by Gasteiger charge is -2.06. The minimum absolute atomic E-state index is 0.00680. The average molecular weight is 424 g/mol. The van der Waals surface area contributed by atoms with Crippen molar-refractivity contribution in [3.63, 3.8) is 0 Å². The molecule has 2 heterocycles. The maximum atomic E-state index is 13.4. The van der Waals surface area contributed by atoms with Crippen molar-refractivity contribution in [2.24, 2.45) is 0 Å². The van der Waals surface area contributed by atoms with Crippen LogP contribution in [0.25, 0.3) is 10.2 Å². The summed E-state index contributed by atoms with van der Waals surface area (Å²) in [5.74, 6) is 0.284. The number of amides is 1. The predicted octanol–water partition coefficient (Wildman–Crippen LogP) is 4.14. The van der Waals surface area contributed by atoms with Gasteiger partial charge in [-0.3, -0.25) is 9.59 Å². The Hall–Kier alpha value is -1.90. The number of aromatic nitrogens is 2. The third kappa shape index (κ3) is 3.88. The first kappa shape index (κ1) is 18.5. The Bertz CT molecular complexity index is 1100. The van der Waals surface area contributed by atoms with Crippen molar-refractivity contribution in [2.45, 2.75) is 25.0 Å². The van der Waals surface area contributed by atoms with Crippen LogP contribution in [0.1, 0.15) is 22.7 Å². The number of anilines is 1. The fraction of sp³-hybridized carbons (Fsp3) is 0.278. The molecule has 0 radical (unpaired) electrons. The quantitative estimate of drug-likeness (QED) is 0.646. The zero-order valence-electron chi connectivity index (χ0n) is 14.1. The van der Waals surface area contributed by atoms with Gasteiger partial charge in [0.2, 0.25) is 5.91 Å². The lowest BCUT2D eigenvalue weighted by atomic mass is 10.2. The molecule has 0 saturated heterocycles. The van der Waals surface area contributed by atoms with E-state index in [9.17, 15) is 14.0 Å². The molecule has 0 saturated carbocycles. The lowest BCUT2D eigenvalue weighted by molar-refractivity contribution is -0.113. The summed E-state index contributed by atoms with van der Waals surface area (Å²) in [4.78, 5) is 33.8. The second-order valence-electron chi connectivity index (χ2n) is 6.22. The molecule has 0 aliphatic heterocycles. The van der Waals surface area contributed by atoms with Crippen LogP contribution in [-0.4, -0.2) is 21.6 Å². The van der Waals surface area contributed by atoms with Crippen LogP contribution in [0.2, 0.25) is 5.02 Å². The highest BCUT2D eigenvalue weighted by Gasteiger charge is 2.21. The van der Waals surface area contributed by atoms with Gasteiger partial charge in [-0.25, -0.2) is 9.37 Å². The number of carbonyl (C=O) groups excluding carboxylic acids is 1. The number of rotatable bonds is 5. The molecule has 0 bridgehead atoms. The van der Waals surface area contributed by atoms with Crippen LogP contribution < -0.4 is 10.9 Å². The highest BCUT2D eigenvalue weighted by Crippen LogP contribution is 2.34. The van der Waals surface area contributed by atoms with E-state index >= 15 is 0 Å². The van der Waals surface area contributed by atoms with Crippen molar-refractivity contribution in [1.82, 2.24) is 9.97 Å². The zero-order chi connectivity index (χ0) is 19.0. The first-order valence-electron chi connectivity index (χ1n) is 8.37. The Kier molecular flexibility index (Phi) is 5.21. The predicted molar refractivity (Wildman–Crippen MR) is 108 cm³/mol. The molecule has 1 amide bonds. The normalized spacial score (nSPS) is 13.1. The Balaban J connectivity index is 1.38. The van der Waals surface area contributed by atoms with Gasteiger partial charge in [-0.2, -0.15) is 0 Å². The number of thiophene rings is 1. The molecule has 0 fully saturated rings. The van der Waals surface area contributed by atoms with Crippen molar-refractivity contribution >= 4 is 56.5 Å². The van der Waals surface area contributed by atoms with Crippen LogP contribution in [0.4, 0.5) is 10.1 Å². The molecule has 9 heteroatoms. The van der Waals surface area contributed by atoms with Gasteiger partial charge >= 0.3 is 0 Å². The summed E-state index contributed by atoms with van der Waals surface area (Å²) >= 11 is 8.54. The fourth-order valence-electron chi connectivity index (χ4n) is 3.13. The minimum Gasteiger partial charge on any atom is -0.325 e. The van der Waals surface area contributed by atoms with Gasteiger partial charge in [0.1, 0.15) is 16.5 Å². The first-order chi connectivity index (χ1) is 13.0. The van der Waals surface area contributed by atoms with Crippen LogP contribution in [0.3, 0.4) is 0 Å². The van der Waals surface area contributed by atoms with Crippen LogP contribution in [0.15, 0.2) is 23.0 Å². The van der Waals surface area contributed by atoms with Gasteiger partial charge in [-0.15, -0.1) is 23.1 Å². The second kappa shape index (κ2) is 7.61. The number of nitrogens with one attached hydrogen (secondary N) is 2. The summed E-state index contributed by atoms with van der Waals surface area (Å²) < 4.78 is 13.4. The van der Waals surface area contributed by atoms with Gasteiger partial charge in [0.05, 0.1) is 21.9 Å². The number of hydrogen-bond donors (Lipinski definition) is 2. The van der Waals surface area contributed by atoms with Gasteiger partial charge in [0, 0.05) is 10.6 Å². The Morgan fingerprint density at radius 3 is 3.07 bits per heavy atom. The molecule has 3 aromatic rings. The largest absolute Gasteiger partial charge is 0.325 e. The Morgan fingerprint density at radius 2 is 2.26 bits per heavy atom. The first-order valence-corrected chi connectivity index (χ1v) is 10.7. The molecule has 2 aromatic heterocycles. The van der Waals surface area contributed by atoms with Gasteiger partial charge in [-0.1, -0.05) is 11.6 Å². The maximum absolute atomic E-state index is 13.4. The standard InChI is InChI=1S/C18H15ClFN3O2S2/c19-11-5-4-9(6-12(11)20)21-15(24)8-26-7-14-22-17(25)16-10-2-1-3-13(10)27-18(16)23-14/h4-6H,1-3,7-8H2,(H,21,24)(H,22,23,25). The number of aryl methyl sites for hydroxylation is 2. The molecule has 1 aliphatic rings. The highest BCUT2D eigenvalue weighted by atomic mass is 35.5. The minimum atomic E-state index is -0.583. The van der Waals surface area contributed by atoms with E-state index in [1.807, 2.05) is 0 Å². The van der Waals surface area contributed by atoms with E-state index in [-0.39, 0.29) is 22.2 Å². The molecule has 0 unspecified atom stereocenters. The van der Waals surface area contributed by atoms with E-state index in [1.54, 1.807) is 11.3 Å². The van der Waals surface area contributed by atoms with Gasteiger partial charge in [-0.05, 0) is 43.0 Å². The summed E-state index contributed by atoms with van der Waals surface area (Å²) in [6, 6.07) is 4.10. The molecule has 140 valence electrons. The molecule has 0 spiro atoms. The molecular weight excluding hydrogens is 409 g/mol. The van der Waals surface area contributed by atoms with Crippen LogP contribution in [-0.2, 0) is 23.4 Å². The summed E-state index contributed by atoms with van der Waals surface area (Å²) in [6.45, 7) is 0. The van der Waals surface area contributed by atoms with E-state index in [1.165, 1.54) is 34.8 Å². The summed E-state index contributed by atoms with van der Waals surface area (Å²) in [5.41, 5.74) is 1.40. The summed E-state index contributed by atoms with van der Waals surface area (Å²) in [5, 5.41) is 3.35. The number of halogens is 2. The number of H-pyrrole nitrogens is 1. The summed E-state index contributed by atoms with van der Waals surface area (Å²) in [6.07, 6.45) is 3.06. The average Bonchev–Trinajstić information content (AvgIpc) is 3.18. The second-order valence-corrected chi connectivity index (χ2v) is 8.70. The van der Waals surface area contributed by atoms with Crippen molar-refractivity contribution in [3.05, 3.63) is 55.7 Å². The van der Waals surface area contributed by atoms with E-state index in [2.05, 4.69) is 15.3 Å². The van der Waals surface area contributed by atoms with Crippen LogP contribution in [0, 0.1) is 5.82 Å². The topological polar surface area (TPSA) is 74.8 Å². The van der Waals surface area contributed by atoms with Gasteiger partial charge in [0.25, 0.3) is 5.56 Å². The molecule has 27 heavy (non-hydrogen) atoms. The third-order valence-electron chi connectivity index (χ3n) is 4.30. The maximum Gasteiger partial charge on any atom is 0.259 e. The summed E-state index contributed by atoms with van der Waals surface area (Å²) in [7, 11) is 0. The zero-order valence-corrected chi connectivity index (χ0v) is 16.5. The molecule has 5 nitrogen and oxygen atoms in total. The molecule has 1 aliphatic carbocycles. The number of fused-ring (bicyclic) bond motifs is 3. The SMILES string of the molecule is O=C(CSCc1nc2sc3c(c2c(=O)[nH]1)CCC3)Nc1ccc(Cl)c(F)c1. The third-order valence-corrected chi connectivity index (χ3v) is 6.74. The lowest BCUT2D eigenvalue weighted by Crippen LogP contribution is -2.15. The molecule has 0 atom stereocenters. The van der Waals surface area contributed by atoms with E-state index in [4.69, 9.17) is 11.6 Å². The van der Waals surface area contributed by atoms with Gasteiger partial charge < -0.3 is 10.3 Å².